The van der Waals surface area contributed by atoms with Crippen LogP contribution >= 0.6 is 0 Å². The van der Waals surface area contributed by atoms with Gasteiger partial charge in [0.05, 0.1) is 5.92 Å². The third-order valence-electron chi connectivity index (χ3n) is 2.77. The van der Waals surface area contributed by atoms with E-state index in [0.717, 1.165) is 0 Å². The van der Waals surface area contributed by atoms with Gasteiger partial charge in [-0.1, -0.05) is 30.3 Å². The number of nitrogens with zero attached hydrogens (tertiary/aromatic N) is 2. The van der Waals surface area contributed by atoms with Crippen LogP contribution in [0.3, 0.4) is 0 Å². The average molecular weight is 274 g/mol. The van der Waals surface area contributed by atoms with E-state index in [9.17, 15) is 14.7 Å². The molecule has 0 bridgehead atoms. The van der Waals surface area contributed by atoms with E-state index in [0.29, 0.717) is 11.4 Å². The van der Waals surface area contributed by atoms with Crippen molar-refractivity contribution >= 4 is 11.9 Å². The molecule has 1 heterocycles. The van der Waals surface area contributed by atoms with Gasteiger partial charge < -0.3 is 10.4 Å². The summed E-state index contributed by atoms with van der Waals surface area (Å²) in [7, 11) is 0. The minimum Gasteiger partial charge on any atom is -0.481 e. The summed E-state index contributed by atoms with van der Waals surface area (Å²) in [6.45, 7) is 1.65. The summed E-state index contributed by atoms with van der Waals surface area (Å²) in [5.74, 6) is -1.79. The van der Waals surface area contributed by atoms with Crippen LogP contribution in [-0.2, 0) is 4.79 Å². The molecule has 2 rings (SSSR count). The van der Waals surface area contributed by atoms with E-state index < -0.39 is 17.8 Å². The van der Waals surface area contributed by atoms with Gasteiger partial charge in [-0.25, -0.2) is 4.98 Å². The number of aryl methyl sites for hydroxylation is 1. The second-order valence-corrected chi connectivity index (χ2v) is 4.26. The van der Waals surface area contributed by atoms with E-state index in [2.05, 4.69) is 20.5 Å². The predicted octanol–water partition coefficient (Wildman–Crippen LogP) is 0.711. The predicted molar refractivity (Wildman–Crippen MR) is 70.3 cm³/mol. The van der Waals surface area contributed by atoms with Crippen LogP contribution in [-0.4, -0.2) is 38.7 Å². The summed E-state index contributed by atoms with van der Waals surface area (Å²) in [6, 6.07) is 8.73. The molecule has 0 saturated carbocycles. The van der Waals surface area contributed by atoms with Crippen molar-refractivity contribution in [3.05, 3.63) is 47.5 Å². The molecule has 2 aromatic rings. The number of aromatic amines is 1. The molecule has 0 spiro atoms. The Morgan fingerprint density at radius 3 is 2.60 bits per heavy atom. The van der Waals surface area contributed by atoms with Crippen LogP contribution in [0.2, 0.25) is 0 Å². The molecule has 1 aromatic carbocycles. The molecule has 1 aromatic heterocycles. The number of carbonyl (C=O) groups excluding carboxylic acids is 1. The summed E-state index contributed by atoms with van der Waals surface area (Å²) in [5, 5.41) is 18.0. The van der Waals surface area contributed by atoms with Crippen LogP contribution in [0.5, 0.6) is 0 Å². The van der Waals surface area contributed by atoms with Crippen LogP contribution in [0.25, 0.3) is 0 Å². The van der Waals surface area contributed by atoms with Gasteiger partial charge in [0, 0.05) is 6.54 Å². The molecule has 0 fully saturated rings. The number of carboxylic acid groups (broad SMARTS) is 1. The third kappa shape index (κ3) is 3.19. The van der Waals surface area contributed by atoms with Crippen molar-refractivity contribution in [3.8, 4) is 0 Å². The van der Waals surface area contributed by atoms with Gasteiger partial charge in [-0.3, -0.25) is 14.7 Å². The first-order valence-electron chi connectivity index (χ1n) is 6.03. The van der Waals surface area contributed by atoms with Crippen molar-refractivity contribution in [2.24, 2.45) is 0 Å². The fourth-order valence-corrected chi connectivity index (χ4v) is 1.75. The average Bonchev–Trinajstić information content (AvgIpc) is 2.86. The number of hydrogen-bond acceptors (Lipinski definition) is 4. The second kappa shape index (κ2) is 5.96. The lowest BCUT2D eigenvalue weighted by Gasteiger charge is -2.12. The molecule has 0 aliphatic heterocycles. The molecule has 0 aliphatic rings. The highest BCUT2D eigenvalue weighted by molar-refractivity contribution is 5.90. The van der Waals surface area contributed by atoms with Gasteiger partial charge in [0.15, 0.2) is 0 Å². The molecular weight excluding hydrogens is 260 g/mol. The van der Waals surface area contributed by atoms with Crippen molar-refractivity contribution in [3.63, 3.8) is 0 Å². The Hall–Kier alpha value is -2.70. The molecule has 3 N–H and O–H groups in total. The maximum absolute atomic E-state index is 11.8. The maximum atomic E-state index is 11.8. The van der Waals surface area contributed by atoms with Gasteiger partial charge in [0.25, 0.3) is 5.91 Å². The third-order valence-corrected chi connectivity index (χ3v) is 2.77. The second-order valence-electron chi connectivity index (χ2n) is 4.26. The Morgan fingerprint density at radius 1 is 1.35 bits per heavy atom. The van der Waals surface area contributed by atoms with E-state index in [-0.39, 0.29) is 12.4 Å². The molecule has 0 aliphatic carbocycles. The minimum absolute atomic E-state index is 0.000277. The van der Waals surface area contributed by atoms with Gasteiger partial charge >= 0.3 is 5.97 Å². The number of H-pyrrole nitrogens is 1. The number of aliphatic carboxylic acids is 1. The van der Waals surface area contributed by atoms with Crippen molar-refractivity contribution in [1.82, 2.24) is 20.5 Å². The normalized spacial score (nSPS) is 11.8. The van der Waals surface area contributed by atoms with Gasteiger partial charge in [-0.05, 0) is 12.5 Å². The smallest absolute Gasteiger partial charge is 0.312 e. The highest BCUT2D eigenvalue weighted by atomic mass is 16.4. The Kier molecular flexibility index (Phi) is 4.09. The highest BCUT2D eigenvalue weighted by Gasteiger charge is 2.21. The number of carbonyl (C=O) groups is 2. The van der Waals surface area contributed by atoms with Crippen molar-refractivity contribution in [2.45, 2.75) is 12.8 Å². The first kappa shape index (κ1) is 13.7. The quantitative estimate of drug-likeness (QED) is 0.744. The van der Waals surface area contributed by atoms with Gasteiger partial charge in [0.2, 0.25) is 5.82 Å². The van der Waals surface area contributed by atoms with E-state index in [1.165, 1.54) is 0 Å². The van der Waals surface area contributed by atoms with Crippen molar-refractivity contribution in [2.75, 3.05) is 6.54 Å². The van der Waals surface area contributed by atoms with Crippen LogP contribution in [0.1, 0.15) is 27.9 Å². The number of nitrogens with one attached hydrogen (secondary N) is 2. The molecule has 7 heteroatoms. The lowest BCUT2D eigenvalue weighted by Crippen LogP contribution is -2.32. The number of carboxylic acids is 1. The zero-order valence-corrected chi connectivity index (χ0v) is 10.8. The molecule has 1 atom stereocenters. The van der Waals surface area contributed by atoms with E-state index >= 15 is 0 Å². The number of aromatic nitrogens is 3. The molecule has 7 nitrogen and oxygen atoms in total. The van der Waals surface area contributed by atoms with E-state index in [4.69, 9.17) is 0 Å². The monoisotopic (exact) mass is 274 g/mol. The van der Waals surface area contributed by atoms with Gasteiger partial charge in [-0.2, -0.15) is 0 Å². The molecular formula is C13H14N4O3. The lowest BCUT2D eigenvalue weighted by atomic mass is 9.99. The summed E-state index contributed by atoms with van der Waals surface area (Å²) < 4.78 is 0. The van der Waals surface area contributed by atoms with Crippen LogP contribution in [0.15, 0.2) is 30.3 Å². The molecule has 0 radical (unpaired) electrons. The van der Waals surface area contributed by atoms with Crippen LogP contribution in [0.4, 0.5) is 0 Å². The number of hydrogen-bond donors (Lipinski definition) is 3. The first-order chi connectivity index (χ1) is 9.58. The topological polar surface area (TPSA) is 108 Å². The SMILES string of the molecule is Cc1nc(C(=O)NCC(C(=O)O)c2ccccc2)n[nH]1. The zero-order valence-electron chi connectivity index (χ0n) is 10.8. The van der Waals surface area contributed by atoms with Crippen molar-refractivity contribution < 1.29 is 14.7 Å². The zero-order chi connectivity index (χ0) is 14.5. The van der Waals surface area contributed by atoms with E-state index in [1.807, 2.05) is 0 Å². The van der Waals surface area contributed by atoms with E-state index in [1.54, 1.807) is 37.3 Å². The Labute approximate surface area is 115 Å². The van der Waals surface area contributed by atoms with Gasteiger partial charge in [0.1, 0.15) is 5.82 Å². The summed E-state index contributed by atoms with van der Waals surface area (Å²) in [6.07, 6.45) is 0. The fraction of sp³-hybridized carbons (Fsp3) is 0.231. The summed E-state index contributed by atoms with van der Waals surface area (Å²) in [4.78, 5) is 26.9. The standard InChI is InChI=1S/C13H14N4O3/c1-8-15-11(17-16-8)12(18)14-7-10(13(19)20)9-5-3-2-4-6-9/h2-6,10H,7H2,1H3,(H,14,18)(H,19,20)(H,15,16,17). The highest BCUT2D eigenvalue weighted by Crippen LogP contribution is 2.14. The number of amides is 1. The van der Waals surface area contributed by atoms with Crippen LogP contribution in [0, 0.1) is 6.92 Å². The summed E-state index contributed by atoms with van der Waals surface area (Å²) >= 11 is 0. The van der Waals surface area contributed by atoms with Gasteiger partial charge in [-0.15, -0.1) is 5.10 Å². The molecule has 104 valence electrons. The number of benzene rings is 1. The Morgan fingerprint density at radius 2 is 2.05 bits per heavy atom. The Bertz CT molecular complexity index is 609. The Balaban J connectivity index is 2.03. The fourth-order valence-electron chi connectivity index (χ4n) is 1.75. The maximum Gasteiger partial charge on any atom is 0.312 e. The molecule has 1 amide bonds. The first-order valence-corrected chi connectivity index (χ1v) is 6.03. The van der Waals surface area contributed by atoms with Crippen molar-refractivity contribution in [1.29, 1.82) is 0 Å². The minimum atomic E-state index is -0.998. The molecule has 1 unspecified atom stereocenters. The van der Waals surface area contributed by atoms with Crippen LogP contribution < -0.4 is 5.32 Å². The molecule has 0 saturated heterocycles. The lowest BCUT2D eigenvalue weighted by molar-refractivity contribution is -0.138. The summed E-state index contributed by atoms with van der Waals surface area (Å²) in [5.41, 5.74) is 0.631. The largest absolute Gasteiger partial charge is 0.481 e. The number of rotatable bonds is 5. The molecule has 20 heavy (non-hydrogen) atoms.